The fraction of sp³-hybridized carbons (Fsp3) is 0.600. The molecular weight excluding hydrogens is 306 g/mol. The van der Waals surface area contributed by atoms with E-state index in [0.29, 0.717) is 0 Å². The van der Waals surface area contributed by atoms with E-state index < -0.39 is 0 Å². The van der Waals surface area contributed by atoms with Crippen LogP contribution in [0.2, 0.25) is 0 Å². The first-order valence-corrected chi connectivity index (χ1v) is 7.68. The van der Waals surface area contributed by atoms with Gasteiger partial charge in [0.1, 0.15) is 5.60 Å². The molecule has 2 atom stereocenters. The number of benzene rings is 1. The van der Waals surface area contributed by atoms with Crippen molar-refractivity contribution in [1.82, 2.24) is 4.90 Å². The van der Waals surface area contributed by atoms with Crippen LogP contribution in [0.4, 0.5) is 0 Å². The SMILES string of the molecule is C[C@H]1CN(Cc2ccccc2Br)C[C@]2(CCOC2)O1. The van der Waals surface area contributed by atoms with Crippen molar-refractivity contribution in [3.8, 4) is 0 Å². The summed E-state index contributed by atoms with van der Waals surface area (Å²) < 4.78 is 12.9. The quantitative estimate of drug-likeness (QED) is 0.834. The lowest BCUT2D eigenvalue weighted by atomic mass is 9.99. The highest BCUT2D eigenvalue weighted by Crippen LogP contribution is 2.31. The maximum absolute atomic E-state index is 6.15. The van der Waals surface area contributed by atoms with Crippen molar-refractivity contribution in [3.63, 3.8) is 0 Å². The van der Waals surface area contributed by atoms with E-state index in [4.69, 9.17) is 9.47 Å². The van der Waals surface area contributed by atoms with E-state index in [-0.39, 0.29) is 11.7 Å². The van der Waals surface area contributed by atoms with Gasteiger partial charge in [-0.05, 0) is 18.6 Å². The topological polar surface area (TPSA) is 21.7 Å². The fourth-order valence-electron chi connectivity index (χ4n) is 3.13. The minimum absolute atomic E-state index is 0.0705. The number of ether oxygens (including phenoxy) is 2. The first-order valence-electron chi connectivity index (χ1n) is 6.88. The summed E-state index contributed by atoms with van der Waals surface area (Å²) in [6.07, 6.45) is 1.29. The van der Waals surface area contributed by atoms with Crippen molar-refractivity contribution in [2.24, 2.45) is 0 Å². The van der Waals surface area contributed by atoms with Crippen LogP contribution < -0.4 is 0 Å². The molecule has 104 valence electrons. The number of nitrogens with zero attached hydrogens (tertiary/aromatic N) is 1. The zero-order valence-corrected chi connectivity index (χ0v) is 12.9. The third-order valence-corrected chi connectivity index (χ3v) is 4.67. The van der Waals surface area contributed by atoms with Crippen molar-refractivity contribution < 1.29 is 9.47 Å². The van der Waals surface area contributed by atoms with Gasteiger partial charge >= 0.3 is 0 Å². The van der Waals surface area contributed by atoms with Gasteiger partial charge in [0.2, 0.25) is 0 Å². The molecular formula is C15H20BrNO2. The highest BCUT2D eigenvalue weighted by molar-refractivity contribution is 9.10. The Morgan fingerprint density at radius 1 is 1.42 bits per heavy atom. The Labute approximate surface area is 123 Å². The molecule has 1 aromatic carbocycles. The van der Waals surface area contributed by atoms with Gasteiger partial charge in [0, 0.05) is 37.1 Å². The van der Waals surface area contributed by atoms with Gasteiger partial charge in [-0.2, -0.15) is 0 Å². The number of morpholine rings is 1. The van der Waals surface area contributed by atoms with E-state index in [2.05, 4.69) is 52.0 Å². The summed E-state index contributed by atoms with van der Waals surface area (Å²) in [6, 6.07) is 8.44. The van der Waals surface area contributed by atoms with Crippen molar-refractivity contribution >= 4 is 15.9 Å². The summed E-state index contributed by atoms with van der Waals surface area (Å²) >= 11 is 3.63. The minimum Gasteiger partial charge on any atom is -0.378 e. The molecule has 1 spiro atoms. The van der Waals surface area contributed by atoms with Crippen LogP contribution in [0.15, 0.2) is 28.7 Å². The first-order chi connectivity index (χ1) is 9.17. The molecule has 4 heteroatoms. The lowest BCUT2D eigenvalue weighted by molar-refractivity contribution is -0.149. The van der Waals surface area contributed by atoms with Crippen LogP contribution in [0.5, 0.6) is 0 Å². The summed E-state index contributed by atoms with van der Waals surface area (Å²) in [6.45, 7) is 6.66. The molecule has 0 amide bonds. The molecule has 3 rings (SSSR count). The molecule has 0 bridgehead atoms. The highest BCUT2D eigenvalue weighted by Gasteiger charge is 2.42. The molecule has 2 aliphatic heterocycles. The Balaban J connectivity index is 1.72. The second-order valence-corrected chi connectivity index (χ2v) is 6.53. The maximum Gasteiger partial charge on any atom is 0.107 e. The summed E-state index contributed by atoms with van der Waals surface area (Å²) in [5.74, 6) is 0. The predicted molar refractivity (Wildman–Crippen MR) is 78.1 cm³/mol. The summed E-state index contributed by atoms with van der Waals surface area (Å²) in [5, 5.41) is 0. The van der Waals surface area contributed by atoms with E-state index in [1.807, 2.05) is 0 Å². The Morgan fingerprint density at radius 3 is 3.00 bits per heavy atom. The van der Waals surface area contributed by atoms with E-state index in [1.165, 1.54) is 10.0 Å². The van der Waals surface area contributed by atoms with Crippen LogP contribution in [0, 0.1) is 0 Å². The molecule has 2 aliphatic rings. The molecule has 0 saturated carbocycles. The van der Waals surface area contributed by atoms with Gasteiger partial charge in [-0.1, -0.05) is 34.1 Å². The number of hydrogen-bond donors (Lipinski definition) is 0. The molecule has 0 radical (unpaired) electrons. The summed E-state index contributed by atoms with van der Waals surface area (Å²) in [7, 11) is 0. The average molecular weight is 326 g/mol. The van der Waals surface area contributed by atoms with E-state index in [1.54, 1.807) is 0 Å². The standard InChI is InChI=1S/C15H20BrNO2/c1-12-8-17(9-13-4-2-3-5-14(13)16)10-15(19-12)6-7-18-11-15/h2-5,12H,6-11H2,1H3/t12-,15-/m0/s1. The molecule has 0 unspecified atom stereocenters. The molecule has 0 aliphatic carbocycles. The van der Waals surface area contributed by atoms with Gasteiger partial charge in [0.05, 0.1) is 12.7 Å². The smallest absolute Gasteiger partial charge is 0.107 e. The Hall–Kier alpha value is -0.420. The predicted octanol–water partition coefficient (Wildman–Crippen LogP) is 2.83. The second kappa shape index (κ2) is 5.52. The number of hydrogen-bond acceptors (Lipinski definition) is 3. The molecule has 2 heterocycles. The normalized spacial score (nSPS) is 32.0. The Kier molecular flexibility index (Phi) is 3.94. The van der Waals surface area contributed by atoms with Crippen LogP contribution in [0.3, 0.4) is 0 Å². The lowest BCUT2D eigenvalue weighted by Gasteiger charge is -2.43. The third-order valence-electron chi connectivity index (χ3n) is 3.90. The van der Waals surface area contributed by atoms with Crippen molar-refractivity contribution in [1.29, 1.82) is 0 Å². The van der Waals surface area contributed by atoms with Crippen LogP contribution in [0.25, 0.3) is 0 Å². The van der Waals surface area contributed by atoms with Gasteiger partial charge in [-0.25, -0.2) is 0 Å². The Bertz CT molecular complexity index is 446. The number of rotatable bonds is 2. The van der Waals surface area contributed by atoms with E-state index in [0.717, 1.165) is 39.3 Å². The maximum atomic E-state index is 6.15. The zero-order valence-electron chi connectivity index (χ0n) is 11.3. The van der Waals surface area contributed by atoms with Crippen molar-refractivity contribution in [3.05, 3.63) is 34.3 Å². The minimum atomic E-state index is -0.0705. The van der Waals surface area contributed by atoms with Crippen LogP contribution in [0.1, 0.15) is 18.9 Å². The lowest BCUT2D eigenvalue weighted by Crippen LogP contribution is -2.55. The van der Waals surface area contributed by atoms with Gasteiger partial charge in [-0.15, -0.1) is 0 Å². The fourth-order valence-corrected chi connectivity index (χ4v) is 3.54. The van der Waals surface area contributed by atoms with Crippen molar-refractivity contribution in [2.45, 2.75) is 31.6 Å². The molecule has 2 saturated heterocycles. The molecule has 2 fully saturated rings. The molecule has 0 aromatic heterocycles. The average Bonchev–Trinajstić information content (AvgIpc) is 2.79. The van der Waals surface area contributed by atoms with Gasteiger partial charge < -0.3 is 9.47 Å². The monoisotopic (exact) mass is 325 g/mol. The number of halogens is 1. The van der Waals surface area contributed by atoms with Crippen LogP contribution >= 0.6 is 15.9 Å². The largest absolute Gasteiger partial charge is 0.378 e. The first kappa shape index (κ1) is 13.6. The molecule has 19 heavy (non-hydrogen) atoms. The van der Waals surface area contributed by atoms with E-state index in [9.17, 15) is 0 Å². The van der Waals surface area contributed by atoms with Gasteiger partial charge in [0.25, 0.3) is 0 Å². The van der Waals surface area contributed by atoms with Gasteiger partial charge in [0.15, 0.2) is 0 Å². The van der Waals surface area contributed by atoms with Crippen molar-refractivity contribution in [2.75, 3.05) is 26.3 Å². The molecule has 1 aromatic rings. The Morgan fingerprint density at radius 2 is 2.26 bits per heavy atom. The highest BCUT2D eigenvalue weighted by atomic mass is 79.9. The summed E-state index contributed by atoms with van der Waals surface area (Å²) in [5.41, 5.74) is 1.27. The van der Waals surface area contributed by atoms with Crippen LogP contribution in [-0.2, 0) is 16.0 Å². The summed E-state index contributed by atoms with van der Waals surface area (Å²) in [4.78, 5) is 2.49. The second-order valence-electron chi connectivity index (χ2n) is 5.68. The molecule has 0 N–H and O–H groups in total. The molecule has 3 nitrogen and oxygen atoms in total. The third kappa shape index (κ3) is 3.02. The van der Waals surface area contributed by atoms with Crippen LogP contribution in [-0.4, -0.2) is 42.9 Å². The zero-order chi connectivity index (χ0) is 13.3. The van der Waals surface area contributed by atoms with E-state index >= 15 is 0 Å². The van der Waals surface area contributed by atoms with Gasteiger partial charge in [-0.3, -0.25) is 4.90 Å².